The summed E-state index contributed by atoms with van der Waals surface area (Å²) < 4.78 is 12.1. The normalized spacial score (nSPS) is 11.1. The third-order valence-corrected chi connectivity index (χ3v) is 7.08. The monoisotopic (exact) mass is 649 g/mol. The predicted molar refractivity (Wildman–Crippen MR) is 166 cm³/mol. The van der Waals surface area contributed by atoms with E-state index in [4.69, 9.17) is 32.7 Å². The molecule has 0 saturated carbocycles. The van der Waals surface area contributed by atoms with E-state index in [9.17, 15) is 9.59 Å². The SMILES string of the molecule is CCOc1cc(C=NNC(=O)c2[nH]c3cc(Cl)cc(Cl)c3c2-c2ccccc2)ccc1OC(=O)c1ccc(Br)cc1. The first-order chi connectivity index (χ1) is 19.8. The van der Waals surface area contributed by atoms with Crippen molar-refractivity contribution in [1.82, 2.24) is 10.4 Å². The summed E-state index contributed by atoms with van der Waals surface area (Å²) in [6.45, 7) is 2.18. The lowest BCUT2D eigenvalue weighted by molar-refractivity contribution is 0.0728. The van der Waals surface area contributed by atoms with E-state index in [2.05, 4.69) is 31.4 Å². The molecule has 5 rings (SSSR count). The molecular formula is C31H22BrCl2N3O4. The van der Waals surface area contributed by atoms with E-state index in [1.165, 1.54) is 6.21 Å². The lowest BCUT2D eigenvalue weighted by Crippen LogP contribution is -2.18. The molecule has 2 N–H and O–H groups in total. The summed E-state index contributed by atoms with van der Waals surface area (Å²) in [6.07, 6.45) is 1.47. The van der Waals surface area contributed by atoms with Gasteiger partial charge in [-0.25, -0.2) is 10.2 Å². The number of benzene rings is 4. The lowest BCUT2D eigenvalue weighted by Gasteiger charge is -2.11. The maximum absolute atomic E-state index is 13.3. The average Bonchev–Trinajstić information content (AvgIpc) is 3.35. The fraction of sp³-hybridized carbons (Fsp3) is 0.0645. The van der Waals surface area contributed by atoms with Gasteiger partial charge in [0.1, 0.15) is 5.69 Å². The van der Waals surface area contributed by atoms with Gasteiger partial charge in [0, 0.05) is 26.0 Å². The Morgan fingerprint density at radius 3 is 2.46 bits per heavy atom. The van der Waals surface area contributed by atoms with Crippen molar-refractivity contribution in [3.8, 4) is 22.6 Å². The van der Waals surface area contributed by atoms with Crippen LogP contribution >= 0.6 is 39.1 Å². The average molecular weight is 651 g/mol. The molecule has 7 nitrogen and oxygen atoms in total. The number of rotatable bonds is 8. The fourth-order valence-corrected chi connectivity index (χ4v) is 5.09. The molecule has 0 radical (unpaired) electrons. The second-order valence-corrected chi connectivity index (χ2v) is 10.5. The molecule has 10 heteroatoms. The molecule has 1 amide bonds. The highest BCUT2D eigenvalue weighted by Gasteiger charge is 2.21. The first kappa shape index (κ1) is 28.4. The van der Waals surface area contributed by atoms with Crippen LogP contribution in [0.1, 0.15) is 33.3 Å². The van der Waals surface area contributed by atoms with Crippen molar-refractivity contribution in [1.29, 1.82) is 0 Å². The van der Waals surface area contributed by atoms with E-state index in [0.29, 0.717) is 50.0 Å². The number of hydrogen-bond donors (Lipinski definition) is 2. The summed E-state index contributed by atoms with van der Waals surface area (Å²) in [5, 5.41) is 5.70. The Kier molecular flexibility index (Phi) is 8.73. The number of nitrogens with zero attached hydrogens (tertiary/aromatic N) is 1. The van der Waals surface area contributed by atoms with Gasteiger partial charge in [0.05, 0.1) is 23.4 Å². The Hall–Kier alpha value is -4.11. The van der Waals surface area contributed by atoms with Crippen LogP contribution in [0.4, 0.5) is 0 Å². The number of fused-ring (bicyclic) bond motifs is 1. The van der Waals surface area contributed by atoms with Crippen molar-refractivity contribution in [2.24, 2.45) is 5.10 Å². The van der Waals surface area contributed by atoms with Crippen LogP contribution in [0.5, 0.6) is 11.5 Å². The molecule has 0 saturated heterocycles. The van der Waals surface area contributed by atoms with Gasteiger partial charge < -0.3 is 14.5 Å². The molecule has 206 valence electrons. The molecule has 0 aliphatic rings. The third kappa shape index (κ3) is 6.46. The van der Waals surface area contributed by atoms with E-state index in [-0.39, 0.29) is 11.4 Å². The van der Waals surface area contributed by atoms with Gasteiger partial charge in [-0.05, 0) is 72.6 Å². The number of amides is 1. The maximum Gasteiger partial charge on any atom is 0.343 e. The summed E-state index contributed by atoms with van der Waals surface area (Å²) in [7, 11) is 0. The standard InChI is InChI=1S/C31H22BrCl2N3O4/c1-2-40-26-14-18(8-13-25(26)41-31(39)20-9-11-21(32)12-10-20)17-35-37-30(38)29-27(19-6-4-3-5-7-19)28-23(34)15-22(33)16-24(28)36-29/h3-17,36H,2H2,1H3,(H,37,38). The van der Waals surface area contributed by atoms with E-state index >= 15 is 0 Å². The van der Waals surface area contributed by atoms with E-state index in [0.717, 1.165) is 10.0 Å². The first-order valence-electron chi connectivity index (χ1n) is 12.5. The zero-order valence-corrected chi connectivity index (χ0v) is 24.7. The minimum absolute atomic E-state index is 0.266. The first-order valence-corrected chi connectivity index (χ1v) is 14.0. The topological polar surface area (TPSA) is 92.8 Å². The summed E-state index contributed by atoms with van der Waals surface area (Å²) >= 11 is 16.1. The van der Waals surface area contributed by atoms with Gasteiger partial charge in [-0.2, -0.15) is 5.10 Å². The van der Waals surface area contributed by atoms with Gasteiger partial charge in [0.25, 0.3) is 5.91 Å². The molecule has 0 aliphatic heterocycles. The summed E-state index contributed by atoms with van der Waals surface area (Å²) in [5.74, 6) is -0.349. The van der Waals surface area contributed by atoms with E-state index in [1.807, 2.05) is 37.3 Å². The quantitative estimate of drug-likeness (QED) is 0.0765. The Labute approximate surface area is 254 Å². The highest BCUT2D eigenvalue weighted by atomic mass is 79.9. The van der Waals surface area contributed by atoms with Crippen molar-refractivity contribution in [2.45, 2.75) is 6.92 Å². The van der Waals surface area contributed by atoms with Gasteiger partial charge in [0.2, 0.25) is 0 Å². The second-order valence-electron chi connectivity index (χ2n) is 8.79. The van der Waals surface area contributed by atoms with Crippen LogP contribution < -0.4 is 14.9 Å². The summed E-state index contributed by atoms with van der Waals surface area (Å²) in [4.78, 5) is 29.0. The Morgan fingerprint density at radius 1 is 0.976 bits per heavy atom. The van der Waals surface area contributed by atoms with Crippen molar-refractivity contribution in [3.63, 3.8) is 0 Å². The van der Waals surface area contributed by atoms with Crippen molar-refractivity contribution in [2.75, 3.05) is 6.61 Å². The van der Waals surface area contributed by atoms with Crippen LogP contribution in [-0.2, 0) is 0 Å². The largest absolute Gasteiger partial charge is 0.490 e. The molecule has 5 aromatic rings. The van der Waals surface area contributed by atoms with E-state index < -0.39 is 11.9 Å². The molecule has 0 bridgehead atoms. The number of carbonyl (C=O) groups is 2. The molecule has 0 unspecified atom stereocenters. The Morgan fingerprint density at radius 2 is 1.73 bits per heavy atom. The number of aromatic nitrogens is 1. The summed E-state index contributed by atoms with van der Waals surface area (Å²) in [5.41, 5.74) is 5.97. The molecule has 41 heavy (non-hydrogen) atoms. The van der Waals surface area contributed by atoms with Crippen molar-refractivity contribution in [3.05, 3.63) is 116 Å². The van der Waals surface area contributed by atoms with Gasteiger partial charge >= 0.3 is 5.97 Å². The molecule has 4 aromatic carbocycles. The number of aromatic amines is 1. The lowest BCUT2D eigenvalue weighted by atomic mass is 10.0. The molecule has 0 atom stereocenters. The van der Waals surface area contributed by atoms with Gasteiger partial charge in [0.15, 0.2) is 11.5 Å². The predicted octanol–water partition coefficient (Wildman–Crippen LogP) is 8.29. The molecule has 1 heterocycles. The minimum Gasteiger partial charge on any atom is -0.490 e. The van der Waals surface area contributed by atoms with E-state index in [1.54, 1.807) is 54.6 Å². The van der Waals surface area contributed by atoms with Gasteiger partial charge in [-0.3, -0.25) is 4.79 Å². The van der Waals surface area contributed by atoms with Crippen LogP contribution in [0, 0.1) is 0 Å². The number of nitrogens with one attached hydrogen (secondary N) is 2. The van der Waals surface area contributed by atoms with Gasteiger partial charge in [-0.15, -0.1) is 0 Å². The molecular weight excluding hydrogens is 629 g/mol. The maximum atomic E-state index is 13.3. The number of esters is 1. The number of H-pyrrole nitrogens is 1. The summed E-state index contributed by atoms with van der Waals surface area (Å²) in [6, 6.07) is 24.6. The van der Waals surface area contributed by atoms with Crippen molar-refractivity contribution < 1.29 is 19.1 Å². The number of carbonyl (C=O) groups excluding carboxylic acids is 2. The Bertz CT molecular complexity index is 1770. The zero-order chi connectivity index (χ0) is 28.9. The number of hydrogen-bond acceptors (Lipinski definition) is 5. The third-order valence-electron chi connectivity index (χ3n) is 6.03. The smallest absolute Gasteiger partial charge is 0.343 e. The molecule has 0 spiro atoms. The van der Waals surface area contributed by atoms with Gasteiger partial charge in [-0.1, -0.05) is 69.5 Å². The molecule has 1 aromatic heterocycles. The number of halogens is 3. The van der Waals surface area contributed by atoms with Crippen LogP contribution in [0.3, 0.4) is 0 Å². The number of hydrazone groups is 1. The fourth-order valence-electron chi connectivity index (χ4n) is 4.24. The second kappa shape index (κ2) is 12.6. The molecule has 0 aliphatic carbocycles. The van der Waals surface area contributed by atoms with Crippen LogP contribution in [0.15, 0.2) is 94.5 Å². The molecule has 0 fully saturated rings. The van der Waals surface area contributed by atoms with Crippen LogP contribution in [0.2, 0.25) is 10.0 Å². The Balaban J connectivity index is 1.37. The highest BCUT2D eigenvalue weighted by Crippen LogP contribution is 2.38. The van der Waals surface area contributed by atoms with Crippen LogP contribution in [-0.4, -0.2) is 29.7 Å². The zero-order valence-electron chi connectivity index (χ0n) is 21.6. The van der Waals surface area contributed by atoms with Crippen LogP contribution in [0.25, 0.3) is 22.0 Å². The van der Waals surface area contributed by atoms with Crippen molar-refractivity contribution >= 4 is 68.1 Å². The highest BCUT2D eigenvalue weighted by molar-refractivity contribution is 9.10. The minimum atomic E-state index is -0.513. The number of ether oxygens (including phenoxy) is 2.